The van der Waals surface area contributed by atoms with Crippen molar-refractivity contribution in [1.29, 1.82) is 0 Å². The molecule has 0 saturated carbocycles. The van der Waals surface area contributed by atoms with E-state index in [0.29, 0.717) is 0 Å². The number of allylic oxidation sites excluding steroid dienone is 1. The van der Waals surface area contributed by atoms with Gasteiger partial charge in [0.2, 0.25) is 0 Å². The fourth-order valence-electron chi connectivity index (χ4n) is 1.05. The zero-order valence-electron chi connectivity index (χ0n) is 6.58. The lowest BCUT2D eigenvalue weighted by Gasteiger charge is -2.08. The Kier molecular flexibility index (Phi) is 2.52. The maximum atomic E-state index is 10.6. The van der Waals surface area contributed by atoms with E-state index in [4.69, 9.17) is 9.47 Å². The number of carbonyl (C=O) groups excluding carboxylic acids is 1. The predicted octanol–water partition coefficient (Wildman–Crippen LogP) is 1.88. The Labute approximate surface area is 66.0 Å². The van der Waals surface area contributed by atoms with Gasteiger partial charge in [0.1, 0.15) is 12.2 Å². The van der Waals surface area contributed by atoms with Crippen molar-refractivity contribution in [3.63, 3.8) is 0 Å². The van der Waals surface area contributed by atoms with Crippen molar-refractivity contribution >= 4 is 6.16 Å². The molecule has 2 atom stereocenters. The van der Waals surface area contributed by atoms with Crippen LogP contribution in [-0.4, -0.2) is 18.4 Å². The second-order valence-corrected chi connectivity index (χ2v) is 2.60. The molecule has 0 N–H and O–H groups in total. The highest BCUT2D eigenvalue weighted by Crippen LogP contribution is 2.18. The van der Waals surface area contributed by atoms with Crippen LogP contribution in [0.3, 0.4) is 0 Å². The molecule has 0 spiro atoms. The smallest absolute Gasteiger partial charge is 0.427 e. The molecule has 0 aliphatic carbocycles. The zero-order valence-corrected chi connectivity index (χ0v) is 6.58. The molecule has 1 rings (SSSR count). The van der Waals surface area contributed by atoms with E-state index in [9.17, 15) is 4.79 Å². The molecule has 0 aromatic heterocycles. The van der Waals surface area contributed by atoms with E-state index in [1.807, 2.05) is 6.92 Å². The molecule has 1 saturated heterocycles. The van der Waals surface area contributed by atoms with Crippen LogP contribution in [-0.2, 0) is 9.47 Å². The average Bonchev–Trinajstić information content (AvgIpc) is 2.26. The summed E-state index contributed by atoms with van der Waals surface area (Å²) < 4.78 is 9.64. The molecule has 3 nitrogen and oxygen atoms in total. The third kappa shape index (κ3) is 1.97. The van der Waals surface area contributed by atoms with Crippen LogP contribution in [0.1, 0.15) is 19.8 Å². The molecule has 1 aliphatic rings. The number of carbonyl (C=O) groups is 1. The highest BCUT2D eigenvalue weighted by molar-refractivity contribution is 5.62. The Bertz CT molecular complexity index is 165. The Hall–Kier alpha value is -0.990. The van der Waals surface area contributed by atoms with Gasteiger partial charge < -0.3 is 9.47 Å². The predicted molar refractivity (Wildman–Crippen MR) is 40.2 cm³/mol. The monoisotopic (exact) mass is 156 g/mol. The molecule has 0 amide bonds. The van der Waals surface area contributed by atoms with Crippen LogP contribution in [0.25, 0.3) is 0 Å². The van der Waals surface area contributed by atoms with E-state index in [-0.39, 0.29) is 12.2 Å². The van der Waals surface area contributed by atoms with E-state index in [0.717, 1.165) is 12.8 Å². The van der Waals surface area contributed by atoms with Crippen molar-refractivity contribution in [2.75, 3.05) is 0 Å². The molecular weight excluding hydrogens is 144 g/mol. The first-order valence-electron chi connectivity index (χ1n) is 3.72. The van der Waals surface area contributed by atoms with Gasteiger partial charge >= 0.3 is 6.16 Å². The van der Waals surface area contributed by atoms with Gasteiger partial charge in [-0.1, -0.05) is 6.08 Å². The highest BCUT2D eigenvalue weighted by atomic mass is 16.8. The van der Waals surface area contributed by atoms with Crippen LogP contribution < -0.4 is 0 Å². The lowest BCUT2D eigenvalue weighted by molar-refractivity contribution is 0.115. The summed E-state index contributed by atoms with van der Waals surface area (Å²) in [5, 5.41) is 0. The summed E-state index contributed by atoms with van der Waals surface area (Å²) in [6, 6.07) is 0. The standard InChI is InChI=1S/C8H12O3/c1-3-4-5-7-6(2)10-8(9)11-7/h3,6-7H,1,4-5H2,2H3/t6-,7+/m0/s1. The zero-order chi connectivity index (χ0) is 8.27. The van der Waals surface area contributed by atoms with E-state index in [1.54, 1.807) is 6.08 Å². The molecule has 1 aliphatic heterocycles. The average molecular weight is 156 g/mol. The molecule has 1 heterocycles. The summed E-state index contributed by atoms with van der Waals surface area (Å²) in [5.74, 6) is 0. The minimum absolute atomic E-state index is 0.0829. The van der Waals surface area contributed by atoms with Crippen LogP contribution >= 0.6 is 0 Å². The third-order valence-corrected chi connectivity index (χ3v) is 1.71. The summed E-state index contributed by atoms with van der Waals surface area (Å²) >= 11 is 0. The molecule has 1 fully saturated rings. The molecule has 0 aromatic rings. The molecule has 0 bridgehead atoms. The SMILES string of the molecule is C=CCC[C@H]1OC(=O)O[C@H]1C. The first-order chi connectivity index (χ1) is 5.24. The van der Waals surface area contributed by atoms with Crippen molar-refractivity contribution in [2.45, 2.75) is 32.0 Å². The highest BCUT2D eigenvalue weighted by Gasteiger charge is 2.31. The number of ether oxygens (including phenoxy) is 2. The molecule has 3 heteroatoms. The maximum absolute atomic E-state index is 10.6. The lowest BCUT2D eigenvalue weighted by Crippen LogP contribution is -2.18. The second-order valence-electron chi connectivity index (χ2n) is 2.60. The van der Waals surface area contributed by atoms with E-state index in [1.165, 1.54) is 0 Å². The third-order valence-electron chi connectivity index (χ3n) is 1.71. The van der Waals surface area contributed by atoms with Crippen LogP contribution in [0, 0.1) is 0 Å². The maximum Gasteiger partial charge on any atom is 0.509 e. The summed E-state index contributed by atoms with van der Waals surface area (Å²) in [7, 11) is 0. The van der Waals surface area contributed by atoms with Gasteiger partial charge in [-0.2, -0.15) is 0 Å². The minimum atomic E-state index is -0.549. The van der Waals surface area contributed by atoms with Gasteiger partial charge in [0.25, 0.3) is 0 Å². The van der Waals surface area contributed by atoms with Crippen LogP contribution in [0.4, 0.5) is 4.79 Å². The van der Waals surface area contributed by atoms with E-state index in [2.05, 4.69) is 6.58 Å². The van der Waals surface area contributed by atoms with Gasteiger partial charge in [-0.25, -0.2) is 4.79 Å². The number of hydrogen-bond donors (Lipinski definition) is 0. The van der Waals surface area contributed by atoms with E-state index < -0.39 is 6.16 Å². The molecule has 11 heavy (non-hydrogen) atoms. The van der Waals surface area contributed by atoms with Gasteiger partial charge in [-0.05, 0) is 19.8 Å². The number of rotatable bonds is 3. The van der Waals surface area contributed by atoms with Crippen molar-refractivity contribution in [3.05, 3.63) is 12.7 Å². The normalized spacial score (nSPS) is 29.4. The summed E-state index contributed by atoms with van der Waals surface area (Å²) in [6.45, 7) is 5.42. The Morgan fingerprint density at radius 1 is 1.64 bits per heavy atom. The van der Waals surface area contributed by atoms with Gasteiger partial charge in [0.05, 0.1) is 0 Å². The Morgan fingerprint density at radius 2 is 2.36 bits per heavy atom. The summed E-state index contributed by atoms with van der Waals surface area (Å²) in [6.07, 6.45) is 2.72. The topological polar surface area (TPSA) is 35.5 Å². The Morgan fingerprint density at radius 3 is 2.82 bits per heavy atom. The molecule has 0 aromatic carbocycles. The second kappa shape index (κ2) is 3.42. The fraction of sp³-hybridized carbons (Fsp3) is 0.625. The van der Waals surface area contributed by atoms with Gasteiger partial charge in [-0.3, -0.25) is 0 Å². The van der Waals surface area contributed by atoms with Crippen LogP contribution in [0.5, 0.6) is 0 Å². The molecule has 0 radical (unpaired) electrons. The molecular formula is C8H12O3. The quantitative estimate of drug-likeness (QED) is 0.462. The van der Waals surface area contributed by atoms with Crippen molar-refractivity contribution in [1.82, 2.24) is 0 Å². The summed E-state index contributed by atoms with van der Waals surface area (Å²) in [4.78, 5) is 10.6. The number of hydrogen-bond acceptors (Lipinski definition) is 3. The lowest BCUT2D eigenvalue weighted by atomic mass is 10.1. The van der Waals surface area contributed by atoms with Gasteiger partial charge in [0, 0.05) is 0 Å². The van der Waals surface area contributed by atoms with Crippen LogP contribution in [0.15, 0.2) is 12.7 Å². The molecule has 0 unspecified atom stereocenters. The first-order valence-corrected chi connectivity index (χ1v) is 3.72. The van der Waals surface area contributed by atoms with Crippen molar-refractivity contribution in [3.8, 4) is 0 Å². The van der Waals surface area contributed by atoms with Gasteiger partial charge in [-0.15, -0.1) is 6.58 Å². The molecule has 62 valence electrons. The fourth-order valence-corrected chi connectivity index (χ4v) is 1.05. The largest absolute Gasteiger partial charge is 0.509 e. The minimum Gasteiger partial charge on any atom is -0.427 e. The van der Waals surface area contributed by atoms with Crippen molar-refractivity contribution in [2.24, 2.45) is 0 Å². The van der Waals surface area contributed by atoms with Crippen molar-refractivity contribution < 1.29 is 14.3 Å². The van der Waals surface area contributed by atoms with Gasteiger partial charge in [0.15, 0.2) is 0 Å². The number of cyclic esters (lactones) is 2. The Balaban J connectivity index is 2.34. The van der Waals surface area contributed by atoms with E-state index >= 15 is 0 Å². The first kappa shape index (κ1) is 8.11. The van der Waals surface area contributed by atoms with Crippen LogP contribution in [0.2, 0.25) is 0 Å². The summed E-state index contributed by atoms with van der Waals surface area (Å²) in [5.41, 5.74) is 0.